The van der Waals surface area contributed by atoms with Gasteiger partial charge < -0.3 is 70.9 Å². The third kappa shape index (κ3) is 15.0. The summed E-state index contributed by atoms with van der Waals surface area (Å²) in [6, 6.07) is 28.8. The van der Waals surface area contributed by atoms with E-state index in [1.54, 1.807) is 18.2 Å². The van der Waals surface area contributed by atoms with Crippen molar-refractivity contribution in [3.8, 4) is 33.8 Å². The first-order valence-corrected chi connectivity index (χ1v) is 25.1. The molecule has 3 fully saturated rings. The second-order valence-corrected chi connectivity index (χ2v) is 18.9. The second kappa shape index (κ2) is 28.1. The van der Waals surface area contributed by atoms with Crippen molar-refractivity contribution in [1.29, 1.82) is 0 Å². The van der Waals surface area contributed by atoms with E-state index < -0.39 is 78.7 Å². The number of methoxy groups -OCH3 is 2. The van der Waals surface area contributed by atoms with Crippen LogP contribution in [0.1, 0.15) is 51.4 Å². The van der Waals surface area contributed by atoms with Crippen LogP contribution in [0.3, 0.4) is 0 Å². The summed E-state index contributed by atoms with van der Waals surface area (Å²) in [4.78, 5) is 48.9. The van der Waals surface area contributed by atoms with Gasteiger partial charge in [0.25, 0.3) is 11.8 Å². The standard InChI is InChI=1S/C28H34N2O7.C15H14N2O2.C13H20O5.ClH/c1-36-26(24(33)23(32)22(31)15-14-17-8-5-6-9-17)28(35)30-21-16-37-25-19(18-10-3-2-4-11-18)12-7-13-20(25)29-27(21)34;16-12-9-19-14-11(10-5-2-1-3-6-10)7-4-8-13(14)17-15(12)18;1-17-12-10(15)11(18-13(12)16)9(14)7-6-8-4-2-3-5-8;/h2-4,7,10-15,17,21-24,26,31-33H,5-6,8-9,16H2,1H3,(H,29,34)(H,30,35);1-8,12H,9,16H2,(H,17,18);6-12,14-15H,2-5H2,1H3;1H/b15-14+;;7-6+;/t21-,22+,23-,24+,26+;12-;9-,10-,11+,12-;/m001./s1. The number of ether oxygens (including phenoxy) is 5. The van der Waals surface area contributed by atoms with Crippen LogP contribution in [0.15, 0.2) is 121 Å². The third-order valence-electron chi connectivity index (χ3n) is 13.7. The van der Waals surface area contributed by atoms with Crippen molar-refractivity contribution in [2.45, 2.75) is 112 Å². The summed E-state index contributed by atoms with van der Waals surface area (Å²) in [6.45, 7) is 0.0267. The zero-order valence-electron chi connectivity index (χ0n) is 41.9. The van der Waals surface area contributed by atoms with E-state index in [0.29, 0.717) is 34.7 Å². The fourth-order valence-corrected chi connectivity index (χ4v) is 9.51. The number of esters is 1. The van der Waals surface area contributed by atoms with Gasteiger partial charge in [0.15, 0.2) is 29.8 Å². The average Bonchev–Trinajstić information content (AvgIpc) is 4.17. The summed E-state index contributed by atoms with van der Waals surface area (Å²) in [5, 5.41) is 59.2. The maximum atomic E-state index is 13.0. The Hall–Kier alpha value is -6.19. The zero-order valence-corrected chi connectivity index (χ0v) is 42.8. The molecule has 404 valence electrons. The molecule has 2 saturated carbocycles. The first-order chi connectivity index (χ1) is 35.8. The fraction of sp³-hybridized carbons (Fsp3) is 0.429. The molecule has 0 aromatic heterocycles. The minimum Gasteiger partial charge on any atom is -0.489 e. The number of carbonyl (C=O) groups excluding carboxylic acids is 4. The number of fused-ring (bicyclic) bond motifs is 2. The van der Waals surface area contributed by atoms with Crippen LogP contribution in [0.4, 0.5) is 11.4 Å². The van der Waals surface area contributed by atoms with Gasteiger partial charge in [-0.1, -0.05) is 135 Å². The van der Waals surface area contributed by atoms with Crippen LogP contribution in [-0.4, -0.2) is 138 Å². The normalized spacial score (nSPS) is 23.5. The maximum absolute atomic E-state index is 13.0. The van der Waals surface area contributed by atoms with E-state index in [-0.39, 0.29) is 31.5 Å². The molecule has 2 aliphatic carbocycles. The molecular weight excluding hydrogens is 988 g/mol. The number of cyclic esters (lactones) is 1. The number of allylic oxidation sites excluding steroid dienone is 2. The summed E-state index contributed by atoms with van der Waals surface area (Å²) >= 11 is 0. The number of nitrogens with two attached hydrogens (primary N) is 1. The molecule has 9 rings (SSSR count). The van der Waals surface area contributed by atoms with Crippen molar-refractivity contribution in [2.75, 3.05) is 38.1 Å². The van der Waals surface area contributed by atoms with Crippen LogP contribution in [0.25, 0.3) is 22.3 Å². The molecule has 19 heteroatoms. The van der Waals surface area contributed by atoms with Crippen LogP contribution in [0.2, 0.25) is 0 Å². The summed E-state index contributed by atoms with van der Waals surface area (Å²) < 4.78 is 26.6. The molecule has 1 saturated heterocycles. The summed E-state index contributed by atoms with van der Waals surface area (Å²) in [5.41, 5.74) is 10.5. The number of rotatable bonds is 14. The van der Waals surface area contributed by atoms with E-state index in [1.165, 1.54) is 33.1 Å². The molecule has 18 nitrogen and oxygen atoms in total. The van der Waals surface area contributed by atoms with Gasteiger partial charge in [-0.25, -0.2) is 4.79 Å². The number of carbonyl (C=O) groups is 4. The Morgan fingerprint density at radius 1 is 0.693 bits per heavy atom. The first-order valence-electron chi connectivity index (χ1n) is 25.1. The molecule has 0 bridgehead atoms. The predicted molar refractivity (Wildman–Crippen MR) is 283 cm³/mol. The lowest BCUT2D eigenvalue weighted by Crippen LogP contribution is -2.56. The molecule has 0 spiro atoms. The van der Waals surface area contributed by atoms with Gasteiger partial charge in [-0.15, -0.1) is 12.4 Å². The first kappa shape index (κ1) is 58.1. The quantitative estimate of drug-likeness (QED) is 0.0604. The SMILES string of the molecule is CO[C@@H](C(=O)N[C@H]1COc2c(cccc2-c2ccccc2)NC1=O)[C@H](O)[C@@H](O)[C@H](O)/C=C/C1CCCC1.CO[C@H]1C(=O)O[C@@H]([C@H](O)/C=C/C2CCCC2)[C@H]1O.Cl.N[C@H]1COc2c(cccc2-c2ccccc2)NC1=O. The van der Waals surface area contributed by atoms with E-state index in [1.807, 2.05) is 97.1 Å². The third-order valence-corrected chi connectivity index (χ3v) is 13.7. The number of aliphatic hydroxyl groups is 5. The van der Waals surface area contributed by atoms with E-state index in [4.69, 9.17) is 29.4 Å². The van der Waals surface area contributed by atoms with Crippen LogP contribution in [0.5, 0.6) is 11.5 Å². The van der Waals surface area contributed by atoms with Gasteiger partial charge in [-0.2, -0.15) is 0 Å². The van der Waals surface area contributed by atoms with Gasteiger partial charge >= 0.3 is 5.97 Å². The summed E-state index contributed by atoms with van der Waals surface area (Å²) in [6.07, 6.45) is 5.54. The van der Waals surface area contributed by atoms with Crippen molar-refractivity contribution >= 4 is 47.5 Å². The Morgan fingerprint density at radius 3 is 1.71 bits per heavy atom. The van der Waals surface area contributed by atoms with Gasteiger partial charge in [0.05, 0.1) is 11.4 Å². The van der Waals surface area contributed by atoms with E-state index in [0.717, 1.165) is 60.8 Å². The molecule has 5 aliphatic rings. The molecule has 0 radical (unpaired) electrons. The number of hydrogen-bond acceptors (Lipinski definition) is 15. The fourth-order valence-electron chi connectivity index (χ4n) is 9.51. The highest BCUT2D eigenvalue weighted by Gasteiger charge is 2.47. The molecule has 3 aliphatic heterocycles. The van der Waals surface area contributed by atoms with Gasteiger partial charge in [-0.3, -0.25) is 14.4 Å². The van der Waals surface area contributed by atoms with Crippen LogP contribution in [0, 0.1) is 11.8 Å². The van der Waals surface area contributed by atoms with Gasteiger partial charge in [0.2, 0.25) is 5.91 Å². The van der Waals surface area contributed by atoms with Crippen molar-refractivity contribution in [2.24, 2.45) is 17.6 Å². The van der Waals surface area contributed by atoms with Crippen LogP contribution in [-0.2, 0) is 33.4 Å². The number of para-hydroxylation sites is 2. The van der Waals surface area contributed by atoms with Crippen molar-refractivity contribution < 1.29 is 68.4 Å². The lowest BCUT2D eigenvalue weighted by Gasteiger charge is -2.28. The van der Waals surface area contributed by atoms with Crippen LogP contribution < -0.4 is 31.2 Å². The minimum atomic E-state index is -1.73. The van der Waals surface area contributed by atoms with Gasteiger partial charge in [0.1, 0.15) is 55.8 Å². The molecule has 0 unspecified atom stereocenters. The van der Waals surface area contributed by atoms with Crippen molar-refractivity contribution in [3.63, 3.8) is 0 Å². The number of nitrogens with one attached hydrogen (secondary N) is 3. The van der Waals surface area contributed by atoms with Crippen molar-refractivity contribution in [1.82, 2.24) is 5.32 Å². The molecule has 3 amide bonds. The number of halogens is 1. The molecule has 4 aromatic carbocycles. The lowest BCUT2D eigenvalue weighted by atomic mass is 9.99. The topological polar surface area (TPSA) is 278 Å². The smallest absolute Gasteiger partial charge is 0.338 e. The Labute approximate surface area is 442 Å². The molecular formula is C56H69ClN4O14. The Balaban J connectivity index is 0.000000201. The van der Waals surface area contributed by atoms with E-state index >= 15 is 0 Å². The zero-order chi connectivity index (χ0) is 52.7. The highest BCUT2D eigenvalue weighted by atomic mass is 35.5. The van der Waals surface area contributed by atoms with E-state index in [2.05, 4.69) is 16.0 Å². The average molecular weight is 1060 g/mol. The van der Waals surface area contributed by atoms with Crippen LogP contribution >= 0.6 is 12.4 Å². The Bertz CT molecular complexity index is 2560. The number of benzene rings is 4. The molecule has 10 atom stereocenters. The van der Waals surface area contributed by atoms with Crippen molar-refractivity contribution in [3.05, 3.63) is 121 Å². The Morgan fingerprint density at radius 2 is 1.20 bits per heavy atom. The number of hydrogen-bond donors (Lipinski definition) is 9. The van der Waals surface area contributed by atoms with Gasteiger partial charge in [-0.05, 0) is 60.8 Å². The molecule has 10 N–H and O–H groups in total. The predicted octanol–water partition coefficient (Wildman–Crippen LogP) is 4.84. The molecule has 3 heterocycles. The highest BCUT2D eigenvalue weighted by molar-refractivity contribution is 6.01. The number of aliphatic hydroxyl groups excluding tert-OH is 5. The largest absolute Gasteiger partial charge is 0.489 e. The van der Waals surface area contributed by atoms with Gasteiger partial charge in [0, 0.05) is 25.3 Å². The number of anilines is 2. The van der Waals surface area contributed by atoms with E-state index in [9.17, 15) is 44.7 Å². The second-order valence-electron chi connectivity index (χ2n) is 18.9. The summed E-state index contributed by atoms with van der Waals surface area (Å²) in [7, 11) is 2.53. The molecule has 75 heavy (non-hydrogen) atoms. The lowest BCUT2D eigenvalue weighted by molar-refractivity contribution is -0.151. The summed E-state index contributed by atoms with van der Waals surface area (Å²) in [5.74, 6) is -0.175. The Kier molecular flexibility index (Phi) is 21.7. The minimum absolute atomic E-state index is 0. The maximum Gasteiger partial charge on any atom is 0.338 e. The monoisotopic (exact) mass is 1060 g/mol. The highest BCUT2D eigenvalue weighted by Crippen LogP contribution is 2.39. The number of amides is 3. The molecule has 4 aromatic rings.